The SMILES string of the molecule is CN=C(NCCCSC)NC(C)c1ccccc1Br. The number of halogens is 1. The van der Waals surface area contributed by atoms with Crippen LogP contribution in [-0.4, -0.2) is 31.6 Å². The van der Waals surface area contributed by atoms with E-state index in [1.165, 1.54) is 11.3 Å². The second kappa shape index (κ2) is 9.26. The minimum atomic E-state index is 0.210. The molecule has 0 saturated heterocycles. The average molecular weight is 344 g/mol. The van der Waals surface area contributed by atoms with Crippen molar-refractivity contribution in [1.82, 2.24) is 10.6 Å². The van der Waals surface area contributed by atoms with Crippen molar-refractivity contribution in [1.29, 1.82) is 0 Å². The monoisotopic (exact) mass is 343 g/mol. The summed E-state index contributed by atoms with van der Waals surface area (Å²) in [4.78, 5) is 4.25. The van der Waals surface area contributed by atoms with Gasteiger partial charge in [0.25, 0.3) is 0 Å². The van der Waals surface area contributed by atoms with E-state index >= 15 is 0 Å². The van der Waals surface area contributed by atoms with Gasteiger partial charge in [0.2, 0.25) is 0 Å². The van der Waals surface area contributed by atoms with Gasteiger partial charge in [-0.15, -0.1) is 0 Å². The van der Waals surface area contributed by atoms with Gasteiger partial charge in [0.1, 0.15) is 0 Å². The molecule has 1 aromatic carbocycles. The maximum absolute atomic E-state index is 4.25. The minimum Gasteiger partial charge on any atom is -0.356 e. The lowest BCUT2D eigenvalue weighted by Gasteiger charge is -2.19. The van der Waals surface area contributed by atoms with Crippen LogP contribution in [0.3, 0.4) is 0 Å². The maximum atomic E-state index is 4.25. The molecule has 2 N–H and O–H groups in total. The highest BCUT2D eigenvalue weighted by Gasteiger charge is 2.09. The average Bonchev–Trinajstić information content (AvgIpc) is 2.42. The molecule has 106 valence electrons. The minimum absolute atomic E-state index is 0.210. The summed E-state index contributed by atoms with van der Waals surface area (Å²) in [5.74, 6) is 2.02. The first-order chi connectivity index (χ1) is 9.19. The van der Waals surface area contributed by atoms with Crippen molar-refractivity contribution in [2.75, 3.05) is 25.6 Å². The number of guanidine groups is 1. The Labute approximate surface area is 128 Å². The summed E-state index contributed by atoms with van der Waals surface area (Å²) in [5, 5.41) is 6.74. The Morgan fingerprint density at radius 2 is 2.16 bits per heavy atom. The fourth-order valence-electron chi connectivity index (χ4n) is 1.73. The molecule has 0 amide bonds. The van der Waals surface area contributed by atoms with E-state index < -0.39 is 0 Å². The van der Waals surface area contributed by atoms with Gasteiger partial charge < -0.3 is 10.6 Å². The fraction of sp³-hybridized carbons (Fsp3) is 0.500. The molecule has 1 unspecified atom stereocenters. The number of nitrogens with zero attached hydrogens (tertiary/aromatic N) is 1. The maximum Gasteiger partial charge on any atom is 0.191 e. The number of nitrogens with one attached hydrogen (secondary N) is 2. The molecule has 0 bridgehead atoms. The van der Waals surface area contributed by atoms with E-state index in [0.717, 1.165) is 23.4 Å². The van der Waals surface area contributed by atoms with Crippen molar-refractivity contribution >= 4 is 33.7 Å². The molecule has 3 nitrogen and oxygen atoms in total. The highest BCUT2D eigenvalue weighted by Crippen LogP contribution is 2.22. The number of thioether (sulfide) groups is 1. The lowest BCUT2D eigenvalue weighted by molar-refractivity contribution is 0.680. The van der Waals surface area contributed by atoms with E-state index in [1.54, 1.807) is 7.05 Å². The van der Waals surface area contributed by atoms with Crippen molar-refractivity contribution in [3.05, 3.63) is 34.3 Å². The van der Waals surface area contributed by atoms with Crippen molar-refractivity contribution in [2.24, 2.45) is 4.99 Å². The van der Waals surface area contributed by atoms with Gasteiger partial charge in [-0.1, -0.05) is 34.1 Å². The molecular formula is C14H22BrN3S. The molecule has 0 aliphatic heterocycles. The molecule has 0 radical (unpaired) electrons. The summed E-state index contributed by atoms with van der Waals surface area (Å²) in [5.41, 5.74) is 1.23. The second-order valence-electron chi connectivity index (χ2n) is 4.23. The third-order valence-corrected chi connectivity index (χ3v) is 4.19. The van der Waals surface area contributed by atoms with Gasteiger partial charge in [0, 0.05) is 18.1 Å². The predicted molar refractivity (Wildman–Crippen MR) is 90.1 cm³/mol. The third kappa shape index (κ3) is 5.87. The molecule has 1 atom stereocenters. The highest BCUT2D eigenvalue weighted by atomic mass is 79.9. The van der Waals surface area contributed by atoms with Crippen LogP contribution in [0.2, 0.25) is 0 Å². The molecule has 0 saturated carbocycles. The molecule has 1 aromatic rings. The Kier molecular flexibility index (Phi) is 7.98. The van der Waals surface area contributed by atoms with Crippen LogP contribution in [0.1, 0.15) is 24.9 Å². The van der Waals surface area contributed by atoms with Crippen molar-refractivity contribution in [2.45, 2.75) is 19.4 Å². The van der Waals surface area contributed by atoms with E-state index in [9.17, 15) is 0 Å². The molecule has 0 spiro atoms. The lowest BCUT2D eigenvalue weighted by atomic mass is 10.1. The number of benzene rings is 1. The molecule has 0 fully saturated rings. The van der Waals surface area contributed by atoms with Gasteiger partial charge in [-0.05, 0) is 37.0 Å². The number of hydrogen-bond acceptors (Lipinski definition) is 2. The summed E-state index contributed by atoms with van der Waals surface area (Å²) >= 11 is 5.45. The third-order valence-electron chi connectivity index (χ3n) is 2.77. The normalized spacial score (nSPS) is 13.2. The van der Waals surface area contributed by atoms with Crippen LogP contribution in [0.5, 0.6) is 0 Å². The van der Waals surface area contributed by atoms with E-state index in [1.807, 2.05) is 23.9 Å². The van der Waals surface area contributed by atoms with Gasteiger partial charge in [-0.3, -0.25) is 4.99 Å². The highest BCUT2D eigenvalue weighted by molar-refractivity contribution is 9.10. The molecule has 0 aliphatic carbocycles. The zero-order chi connectivity index (χ0) is 14.1. The van der Waals surface area contributed by atoms with Gasteiger partial charge in [0.05, 0.1) is 6.04 Å². The molecule has 5 heteroatoms. The van der Waals surface area contributed by atoms with Gasteiger partial charge >= 0.3 is 0 Å². The zero-order valence-electron chi connectivity index (χ0n) is 11.7. The second-order valence-corrected chi connectivity index (χ2v) is 6.07. The standard InChI is InChI=1S/C14H22BrN3S/c1-11(12-7-4-5-8-13(12)15)18-14(16-2)17-9-6-10-19-3/h4-5,7-8,11H,6,9-10H2,1-3H3,(H2,16,17,18). The lowest BCUT2D eigenvalue weighted by Crippen LogP contribution is -2.39. The predicted octanol–water partition coefficient (Wildman–Crippen LogP) is 3.43. The summed E-state index contributed by atoms with van der Waals surface area (Å²) in [7, 11) is 1.80. The number of aliphatic imine (C=N–C) groups is 1. The molecule has 1 rings (SSSR count). The Balaban J connectivity index is 2.50. The largest absolute Gasteiger partial charge is 0.356 e. The van der Waals surface area contributed by atoms with E-state index in [-0.39, 0.29) is 6.04 Å². The first-order valence-corrected chi connectivity index (χ1v) is 8.58. The molecular weight excluding hydrogens is 322 g/mol. The summed E-state index contributed by atoms with van der Waals surface area (Å²) in [6.07, 6.45) is 3.27. The van der Waals surface area contributed by atoms with Crippen LogP contribution in [0.25, 0.3) is 0 Å². The first kappa shape index (κ1) is 16.4. The van der Waals surface area contributed by atoms with Crippen LogP contribution >= 0.6 is 27.7 Å². The molecule has 19 heavy (non-hydrogen) atoms. The van der Waals surface area contributed by atoms with Gasteiger partial charge in [-0.25, -0.2) is 0 Å². The van der Waals surface area contributed by atoms with Crippen molar-refractivity contribution in [3.63, 3.8) is 0 Å². The number of hydrogen-bond donors (Lipinski definition) is 2. The van der Waals surface area contributed by atoms with E-state index in [2.05, 4.69) is 56.9 Å². The van der Waals surface area contributed by atoms with Gasteiger partial charge in [0.15, 0.2) is 5.96 Å². The van der Waals surface area contributed by atoms with Crippen molar-refractivity contribution < 1.29 is 0 Å². The molecule has 0 aliphatic rings. The summed E-state index contributed by atoms with van der Waals surface area (Å²) in [6.45, 7) is 3.08. The number of rotatable bonds is 6. The zero-order valence-corrected chi connectivity index (χ0v) is 14.1. The van der Waals surface area contributed by atoms with Crippen LogP contribution < -0.4 is 10.6 Å². The van der Waals surface area contributed by atoms with E-state index in [4.69, 9.17) is 0 Å². The quantitative estimate of drug-likeness (QED) is 0.472. The summed E-state index contributed by atoms with van der Waals surface area (Å²) in [6, 6.07) is 8.45. The Hall–Kier alpha value is -0.680. The Morgan fingerprint density at radius 3 is 2.79 bits per heavy atom. The Morgan fingerprint density at radius 1 is 1.42 bits per heavy atom. The first-order valence-electron chi connectivity index (χ1n) is 6.39. The van der Waals surface area contributed by atoms with Crippen LogP contribution in [0.15, 0.2) is 33.7 Å². The fourth-order valence-corrected chi connectivity index (χ4v) is 2.79. The molecule has 0 heterocycles. The van der Waals surface area contributed by atoms with E-state index in [0.29, 0.717) is 0 Å². The van der Waals surface area contributed by atoms with Crippen LogP contribution in [-0.2, 0) is 0 Å². The summed E-state index contributed by atoms with van der Waals surface area (Å²) < 4.78 is 1.12. The molecule has 0 aromatic heterocycles. The topological polar surface area (TPSA) is 36.4 Å². The Bertz CT molecular complexity index is 409. The smallest absolute Gasteiger partial charge is 0.191 e. The van der Waals surface area contributed by atoms with Crippen LogP contribution in [0, 0.1) is 0 Å². The van der Waals surface area contributed by atoms with Gasteiger partial charge in [-0.2, -0.15) is 11.8 Å². The van der Waals surface area contributed by atoms with Crippen molar-refractivity contribution in [3.8, 4) is 0 Å². The van der Waals surface area contributed by atoms with Crippen LogP contribution in [0.4, 0.5) is 0 Å².